The monoisotopic (exact) mass is 739 g/mol. The molecule has 2 amide bonds. The molecule has 0 bridgehead atoms. The number of rotatable bonds is 38. The highest BCUT2D eigenvalue weighted by atomic mass is 16.6. The molecule has 0 aromatic heterocycles. The highest BCUT2D eigenvalue weighted by molar-refractivity contribution is 5.76. The van der Waals surface area contributed by atoms with Crippen LogP contribution in [0, 0.1) is 0 Å². The Hall–Kier alpha value is -1.58. The molecule has 4 unspecified atom stereocenters. The lowest BCUT2D eigenvalue weighted by Crippen LogP contribution is -2.40. The van der Waals surface area contributed by atoms with Crippen LogP contribution >= 0.6 is 0 Å². The molecule has 0 saturated heterocycles. The predicted molar refractivity (Wildman–Crippen MR) is 198 cm³/mol. The number of amides is 2. The fourth-order valence-corrected chi connectivity index (χ4v) is 4.48. The van der Waals surface area contributed by atoms with Crippen molar-refractivity contribution in [1.82, 2.24) is 20.4 Å². The molecule has 0 aliphatic heterocycles. The van der Waals surface area contributed by atoms with Gasteiger partial charge in [0, 0.05) is 91.8 Å². The van der Waals surface area contributed by atoms with Gasteiger partial charge < -0.3 is 66.7 Å². The van der Waals surface area contributed by atoms with Gasteiger partial charge in [0.1, 0.15) is 0 Å². The van der Waals surface area contributed by atoms with Crippen molar-refractivity contribution in [2.24, 2.45) is 22.9 Å². The maximum absolute atomic E-state index is 12.0. The van der Waals surface area contributed by atoms with E-state index in [2.05, 4.69) is 15.5 Å². The lowest BCUT2D eigenvalue weighted by molar-refractivity contribution is -0.122. The number of nitrogens with one attached hydrogen (secondary N) is 2. The van der Waals surface area contributed by atoms with Crippen molar-refractivity contribution in [1.29, 1.82) is 0 Å². The third-order valence-corrected chi connectivity index (χ3v) is 7.49. The van der Waals surface area contributed by atoms with E-state index < -0.39 is 0 Å². The number of carbonyl (C=O) groups excluding carboxylic acids is 2. The fraction of sp³-hybridized carbons (Fsp3) is 0.941. The summed E-state index contributed by atoms with van der Waals surface area (Å²) in [6, 6.07) is 0. The molecule has 0 saturated carbocycles. The van der Waals surface area contributed by atoms with Crippen LogP contribution in [-0.2, 0) is 42.7 Å². The highest BCUT2D eigenvalue weighted by Gasteiger charge is 2.12. The average Bonchev–Trinajstić information content (AvgIpc) is 3.11. The van der Waals surface area contributed by atoms with Crippen LogP contribution in [0.5, 0.6) is 0 Å². The van der Waals surface area contributed by atoms with Crippen molar-refractivity contribution in [3.05, 3.63) is 0 Å². The molecule has 0 aromatic carbocycles. The van der Waals surface area contributed by atoms with Crippen molar-refractivity contribution in [2.45, 2.75) is 77.8 Å². The molecule has 0 heterocycles. The molecule has 0 fully saturated rings. The summed E-state index contributed by atoms with van der Waals surface area (Å²) < 4.78 is 40.1. The average molecular weight is 739 g/mol. The Labute approximate surface area is 307 Å². The van der Waals surface area contributed by atoms with Crippen molar-refractivity contribution in [3.63, 3.8) is 0 Å². The molecule has 17 nitrogen and oxygen atoms in total. The zero-order valence-corrected chi connectivity index (χ0v) is 32.2. The van der Waals surface area contributed by atoms with Crippen LogP contribution < -0.4 is 33.6 Å². The second-order valence-corrected chi connectivity index (χ2v) is 12.5. The molecule has 4 atom stereocenters. The number of hydrogen-bond acceptors (Lipinski definition) is 15. The smallest absolute Gasteiger partial charge is 0.220 e. The molecule has 0 aliphatic carbocycles. The minimum Gasteiger partial charge on any atom is -0.379 e. The predicted octanol–water partition coefficient (Wildman–Crippen LogP) is -1.20. The summed E-state index contributed by atoms with van der Waals surface area (Å²) in [7, 11) is 0. The van der Waals surface area contributed by atoms with Crippen LogP contribution in [0.3, 0.4) is 0 Å². The Morgan fingerprint density at radius 3 is 1.39 bits per heavy atom. The van der Waals surface area contributed by atoms with Crippen LogP contribution in [-0.4, -0.2) is 178 Å². The Morgan fingerprint density at radius 1 is 0.510 bits per heavy atom. The number of ether oxygens (including phenoxy) is 7. The minimum atomic E-state index is -0.0935. The van der Waals surface area contributed by atoms with Crippen molar-refractivity contribution in [2.75, 3.05) is 132 Å². The first-order chi connectivity index (χ1) is 24.6. The van der Waals surface area contributed by atoms with Crippen molar-refractivity contribution in [3.8, 4) is 0 Å². The third kappa shape index (κ3) is 32.8. The molecule has 0 aromatic rings. The number of nitrogens with two attached hydrogens (primary N) is 4. The molecule has 0 spiro atoms. The van der Waals surface area contributed by atoms with E-state index in [-0.39, 0.29) is 36.2 Å². The maximum atomic E-state index is 12.0. The molecule has 17 heteroatoms. The van der Waals surface area contributed by atoms with Crippen LogP contribution in [0.25, 0.3) is 0 Å². The first kappa shape index (κ1) is 49.4. The SMILES string of the molecule is CC(COCCOCCCC(=O)NCCN(CN)CN)OCC(C)OCC(C)OCC(C)OCCOCCCC(=O)NCCN(CCN)CCN. The van der Waals surface area contributed by atoms with Gasteiger partial charge in [0.2, 0.25) is 11.8 Å². The summed E-state index contributed by atoms with van der Waals surface area (Å²) >= 11 is 0. The summed E-state index contributed by atoms with van der Waals surface area (Å²) in [6.45, 7) is 18.3. The summed E-state index contributed by atoms with van der Waals surface area (Å²) in [6.07, 6.45) is 1.77. The van der Waals surface area contributed by atoms with E-state index in [0.717, 1.165) is 19.6 Å². The van der Waals surface area contributed by atoms with Crippen molar-refractivity contribution < 1.29 is 42.7 Å². The Morgan fingerprint density at radius 2 is 0.922 bits per heavy atom. The second kappa shape index (κ2) is 35.4. The van der Waals surface area contributed by atoms with E-state index in [0.29, 0.717) is 138 Å². The van der Waals surface area contributed by atoms with Gasteiger partial charge in [-0.15, -0.1) is 0 Å². The topological polar surface area (TPSA) is 233 Å². The van der Waals surface area contributed by atoms with Crippen LogP contribution in [0.1, 0.15) is 53.4 Å². The molecular formula is C34H74N8O9. The Kier molecular flexibility index (Phi) is 34.4. The largest absolute Gasteiger partial charge is 0.379 e. The summed E-state index contributed by atoms with van der Waals surface area (Å²) in [5.41, 5.74) is 22.3. The summed E-state index contributed by atoms with van der Waals surface area (Å²) in [5, 5.41) is 5.78. The van der Waals surface area contributed by atoms with Gasteiger partial charge in [0.05, 0.1) is 77.3 Å². The summed E-state index contributed by atoms with van der Waals surface area (Å²) in [4.78, 5) is 27.8. The molecule has 0 radical (unpaired) electrons. The molecule has 51 heavy (non-hydrogen) atoms. The number of hydrogen-bond donors (Lipinski definition) is 6. The zero-order chi connectivity index (χ0) is 38.0. The second-order valence-electron chi connectivity index (χ2n) is 12.5. The Bertz CT molecular complexity index is 799. The van der Waals surface area contributed by atoms with Crippen molar-refractivity contribution >= 4 is 11.8 Å². The lowest BCUT2D eigenvalue weighted by atomic mass is 10.3. The van der Waals surface area contributed by atoms with E-state index in [1.165, 1.54) is 0 Å². The highest BCUT2D eigenvalue weighted by Crippen LogP contribution is 2.03. The van der Waals surface area contributed by atoms with Gasteiger partial charge >= 0.3 is 0 Å². The molecule has 304 valence electrons. The van der Waals surface area contributed by atoms with Crippen LogP contribution in [0.15, 0.2) is 0 Å². The first-order valence-corrected chi connectivity index (χ1v) is 18.6. The van der Waals surface area contributed by atoms with Gasteiger partial charge in [0.15, 0.2) is 0 Å². The number of carbonyl (C=O) groups is 2. The van der Waals surface area contributed by atoms with Gasteiger partial charge in [-0.25, -0.2) is 0 Å². The first-order valence-electron chi connectivity index (χ1n) is 18.6. The van der Waals surface area contributed by atoms with E-state index >= 15 is 0 Å². The van der Waals surface area contributed by atoms with Gasteiger partial charge in [-0.3, -0.25) is 19.4 Å². The number of nitrogens with zero attached hydrogens (tertiary/aromatic N) is 2. The lowest BCUT2D eigenvalue weighted by Gasteiger charge is -2.21. The maximum Gasteiger partial charge on any atom is 0.220 e. The molecule has 0 aliphatic rings. The van der Waals surface area contributed by atoms with E-state index in [1.807, 2.05) is 32.6 Å². The van der Waals surface area contributed by atoms with Crippen LogP contribution in [0.4, 0.5) is 0 Å². The normalized spacial score (nSPS) is 14.2. The van der Waals surface area contributed by atoms with E-state index in [9.17, 15) is 9.59 Å². The minimum absolute atomic E-state index is 0.0118. The molecule has 0 rings (SSSR count). The standard InChI is InChI=1S/C34H74N8O9/c1-29(23-47-20-19-45-17-5-7-34(44)40-12-16-42(27-37)28-38)49-25-31(3)51-26-32(4)50-24-30(2)48-22-21-46-18-6-8-33(43)39-11-15-41(13-9-35)14-10-36/h29-32H,5-28,35-38H2,1-4H3,(H,39,43)(H,40,44). The van der Waals surface area contributed by atoms with Crippen LogP contribution in [0.2, 0.25) is 0 Å². The van der Waals surface area contributed by atoms with E-state index in [4.69, 9.17) is 56.1 Å². The van der Waals surface area contributed by atoms with Gasteiger partial charge in [-0.2, -0.15) is 0 Å². The van der Waals surface area contributed by atoms with E-state index in [1.54, 1.807) is 0 Å². The fourth-order valence-electron chi connectivity index (χ4n) is 4.48. The van der Waals surface area contributed by atoms with Gasteiger partial charge in [-0.05, 0) is 40.5 Å². The molecule has 10 N–H and O–H groups in total. The quantitative estimate of drug-likeness (QED) is 0.0323. The van der Waals surface area contributed by atoms with Gasteiger partial charge in [0.25, 0.3) is 0 Å². The van der Waals surface area contributed by atoms with Gasteiger partial charge in [-0.1, -0.05) is 0 Å². The molecular weight excluding hydrogens is 664 g/mol. The Balaban J connectivity index is 3.66. The third-order valence-electron chi connectivity index (χ3n) is 7.49. The summed E-state index contributed by atoms with van der Waals surface area (Å²) in [5.74, 6) is 0.00464. The zero-order valence-electron chi connectivity index (χ0n) is 32.2.